The van der Waals surface area contributed by atoms with Crippen LogP contribution in [-0.2, 0) is 5.88 Å². The van der Waals surface area contributed by atoms with Crippen LogP contribution in [0.3, 0.4) is 0 Å². The van der Waals surface area contributed by atoms with Crippen LogP contribution in [0.15, 0.2) is 23.2 Å². The summed E-state index contributed by atoms with van der Waals surface area (Å²) in [6, 6.07) is 4.14. The van der Waals surface area contributed by atoms with Crippen LogP contribution in [0.4, 0.5) is 0 Å². The number of aromatic nitrogens is 1. The van der Waals surface area contributed by atoms with E-state index in [9.17, 15) is 0 Å². The SMILES string of the molecule is CCCCC(CCCC)CCCSc1cccnc1CCl. The van der Waals surface area contributed by atoms with E-state index in [2.05, 4.69) is 24.9 Å². The first-order chi connectivity index (χ1) is 10.3. The molecule has 0 atom stereocenters. The number of unbranched alkanes of at least 4 members (excludes halogenated alkanes) is 2. The molecule has 21 heavy (non-hydrogen) atoms. The van der Waals surface area contributed by atoms with Crippen molar-refractivity contribution in [2.75, 3.05) is 5.75 Å². The summed E-state index contributed by atoms with van der Waals surface area (Å²) < 4.78 is 0. The van der Waals surface area contributed by atoms with Gasteiger partial charge in [-0.15, -0.1) is 23.4 Å². The number of thioether (sulfide) groups is 1. The number of halogens is 1. The van der Waals surface area contributed by atoms with Crippen LogP contribution in [0.5, 0.6) is 0 Å². The Labute approximate surface area is 140 Å². The normalized spacial score (nSPS) is 11.2. The highest BCUT2D eigenvalue weighted by atomic mass is 35.5. The van der Waals surface area contributed by atoms with Crippen LogP contribution in [0.2, 0.25) is 0 Å². The predicted molar refractivity (Wildman–Crippen MR) is 96.3 cm³/mol. The molecule has 0 fully saturated rings. The molecule has 0 bridgehead atoms. The van der Waals surface area contributed by atoms with Gasteiger partial charge in [0, 0.05) is 11.1 Å². The zero-order valence-electron chi connectivity index (χ0n) is 13.6. The number of hydrogen-bond acceptors (Lipinski definition) is 2. The lowest BCUT2D eigenvalue weighted by Crippen LogP contribution is -2.01. The maximum atomic E-state index is 5.93. The van der Waals surface area contributed by atoms with Crippen LogP contribution in [0.25, 0.3) is 0 Å². The van der Waals surface area contributed by atoms with Crippen molar-refractivity contribution >= 4 is 23.4 Å². The third kappa shape index (κ3) is 8.11. The topological polar surface area (TPSA) is 12.9 Å². The molecule has 0 aliphatic carbocycles. The van der Waals surface area contributed by atoms with Crippen molar-refractivity contribution in [3.8, 4) is 0 Å². The van der Waals surface area contributed by atoms with Gasteiger partial charge in [-0.05, 0) is 36.6 Å². The smallest absolute Gasteiger partial charge is 0.0686 e. The Bertz CT molecular complexity index is 362. The van der Waals surface area contributed by atoms with Crippen molar-refractivity contribution in [2.45, 2.75) is 76.0 Å². The van der Waals surface area contributed by atoms with E-state index in [0.29, 0.717) is 5.88 Å². The zero-order valence-corrected chi connectivity index (χ0v) is 15.2. The van der Waals surface area contributed by atoms with Gasteiger partial charge in [0.15, 0.2) is 0 Å². The average Bonchev–Trinajstić information content (AvgIpc) is 2.53. The Kier molecular flexibility index (Phi) is 11.1. The molecule has 0 unspecified atom stereocenters. The molecule has 0 aliphatic rings. The van der Waals surface area contributed by atoms with E-state index in [1.807, 2.05) is 24.0 Å². The number of alkyl halides is 1. The van der Waals surface area contributed by atoms with Crippen molar-refractivity contribution in [2.24, 2.45) is 5.92 Å². The highest BCUT2D eigenvalue weighted by Crippen LogP contribution is 2.26. The molecule has 1 heterocycles. The summed E-state index contributed by atoms with van der Waals surface area (Å²) in [7, 11) is 0. The van der Waals surface area contributed by atoms with E-state index in [4.69, 9.17) is 11.6 Å². The predicted octanol–water partition coefficient (Wildman–Crippen LogP) is 6.69. The van der Waals surface area contributed by atoms with Crippen LogP contribution >= 0.6 is 23.4 Å². The first-order valence-corrected chi connectivity index (χ1v) is 9.96. The Morgan fingerprint density at radius 2 is 1.76 bits per heavy atom. The fourth-order valence-electron chi connectivity index (χ4n) is 2.63. The lowest BCUT2D eigenvalue weighted by atomic mass is 9.92. The fourth-order valence-corrected chi connectivity index (χ4v) is 3.92. The van der Waals surface area contributed by atoms with Gasteiger partial charge in [-0.3, -0.25) is 4.98 Å². The summed E-state index contributed by atoms with van der Waals surface area (Å²) in [4.78, 5) is 5.59. The van der Waals surface area contributed by atoms with E-state index >= 15 is 0 Å². The minimum Gasteiger partial charge on any atom is -0.259 e. The Hall–Kier alpha value is -0.210. The first kappa shape index (κ1) is 18.8. The van der Waals surface area contributed by atoms with Gasteiger partial charge >= 0.3 is 0 Å². The first-order valence-electron chi connectivity index (χ1n) is 8.44. The molecule has 0 saturated carbocycles. The molecule has 0 aliphatic heterocycles. The van der Waals surface area contributed by atoms with Crippen LogP contribution in [-0.4, -0.2) is 10.7 Å². The largest absolute Gasteiger partial charge is 0.259 e. The second kappa shape index (κ2) is 12.3. The highest BCUT2D eigenvalue weighted by Gasteiger charge is 2.08. The second-order valence-corrected chi connectivity index (χ2v) is 7.13. The van der Waals surface area contributed by atoms with Crippen LogP contribution in [0.1, 0.15) is 70.9 Å². The van der Waals surface area contributed by atoms with E-state index in [0.717, 1.165) is 11.6 Å². The lowest BCUT2D eigenvalue weighted by Gasteiger charge is -2.16. The molecular weight excluding hydrogens is 298 g/mol. The highest BCUT2D eigenvalue weighted by molar-refractivity contribution is 7.99. The molecule has 0 aromatic carbocycles. The summed E-state index contributed by atoms with van der Waals surface area (Å²) in [5.74, 6) is 2.63. The van der Waals surface area contributed by atoms with Gasteiger partial charge in [-0.25, -0.2) is 0 Å². The fraction of sp³-hybridized carbons (Fsp3) is 0.722. The summed E-state index contributed by atoms with van der Waals surface area (Å²) >= 11 is 7.85. The monoisotopic (exact) mass is 327 g/mol. The van der Waals surface area contributed by atoms with Gasteiger partial charge in [0.25, 0.3) is 0 Å². The molecule has 1 rings (SSSR count). The Balaban J connectivity index is 2.29. The number of nitrogens with zero attached hydrogens (tertiary/aromatic N) is 1. The van der Waals surface area contributed by atoms with Gasteiger partial charge in [0.1, 0.15) is 0 Å². The second-order valence-electron chi connectivity index (χ2n) is 5.72. The minimum atomic E-state index is 0.513. The number of rotatable bonds is 12. The molecule has 1 nitrogen and oxygen atoms in total. The van der Waals surface area contributed by atoms with Crippen LogP contribution < -0.4 is 0 Å². The van der Waals surface area contributed by atoms with Crippen molar-refractivity contribution < 1.29 is 0 Å². The molecule has 120 valence electrons. The Morgan fingerprint density at radius 1 is 1.10 bits per heavy atom. The van der Waals surface area contributed by atoms with E-state index in [1.165, 1.54) is 62.0 Å². The maximum Gasteiger partial charge on any atom is 0.0686 e. The van der Waals surface area contributed by atoms with E-state index in [-0.39, 0.29) is 0 Å². The van der Waals surface area contributed by atoms with Gasteiger partial charge in [0.2, 0.25) is 0 Å². The van der Waals surface area contributed by atoms with Crippen molar-refractivity contribution in [1.82, 2.24) is 4.98 Å². The quantitative estimate of drug-likeness (QED) is 0.241. The molecule has 0 N–H and O–H groups in total. The summed E-state index contributed by atoms with van der Waals surface area (Å²) in [6.45, 7) is 4.59. The third-order valence-electron chi connectivity index (χ3n) is 3.92. The zero-order chi connectivity index (χ0) is 15.3. The summed E-state index contributed by atoms with van der Waals surface area (Å²) in [5.41, 5.74) is 1.03. The molecule has 3 heteroatoms. The molecule has 0 saturated heterocycles. The molecule has 0 spiro atoms. The standard InChI is InChI=1S/C18H30ClNS/c1-3-5-9-16(10-6-4-2)11-8-14-21-18-12-7-13-20-17(18)15-19/h7,12-13,16H,3-6,8-11,14-15H2,1-2H3. The molecule has 1 aromatic heterocycles. The average molecular weight is 328 g/mol. The van der Waals surface area contributed by atoms with Gasteiger partial charge in [0.05, 0.1) is 11.6 Å². The minimum absolute atomic E-state index is 0.513. The Morgan fingerprint density at radius 3 is 2.38 bits per heavy atom. The van der Waals surface area contributed by atoms with Gasteiger partial charge < -0.3 is 0 Å². The molecular formula is C18H30ClNS. The molecule has 0 radical (unpaired) electrons. The van der Waals surface area contributed by atoms with Gasteiger partial charge in [-0.1, -0.05) is 52.4 Å². The number of hydrogen-bond donors (Lipinski definition) is 0. The van der Waals surface area contributed by atoms with Crippen LogP contribution in [0, 0.1) is 5.92 Å². The summed E-state index contributed by atoms with van der Waals surface area (Å²) in [5, 5.41) is 0. The molecule has 0 amide bonds. The number of pyridine rings is 1. The maximum absolute atomic E-state index is 5.93. The molecule has 1 aromatic rings. The lowest BCUT2D eigenvalue weighted by molar-refractivity contribution is 0.391. The van der Waals surface area contributed by atoms with Crippen molar-refractivity contribution in [1.29, 1.82) is 0 Å². The van der Waals surface area contributed by atoms with Crippen molar-refractivity contribution in [3.05, 3.63) is 24.0 Å². The van der Waals surface area contributed by atoms with E-state index < -0.39 is 0 Å². The van der Waals surface area contributed by atoms with Crippen molar-refractivity contribution in [3.63, 3.8) is 0 Å². The van der Waals surface area contributed by atoms with Gasteiger partial charge in [-0.2, -0.15) is 0 Å². The summed E-state index contributed by atoms with van der Waals surface area (Å²) in [6.07, 6.45) is 12.8. The van der Waals surface area contributed by atoms with E-state index in [1.54, 1.807) is 0 Å². The third-order valence-corrected chi connectivity index (χ3v) is 5.35.